The lowest BCUT2D eigenvalue weighted by Gasteiger charge is -2.22. The van der Waals surface area contributed by atoms with E-state index < -0.39 is 0 Å². The van der Waals surface area contributed by atoms with Crippen LogP contribution in [-0.4, -0.2) is 25.3 Å². The summed E-state index contributed by atoms with van der Waals surface area (Å²) < 4.78 is 16.4. The van der Waals surface area contributed by atoms with Gasteiger partial charge >= 0.3 is 6.03 Å². The van der Waals surface area contributed by atoms with Crippen molar-refractivity contribution in [1.82, 2.24) is 5.32 Å². The van der Waals surface area contributed by atoms with Crippen LogP contribution in [0.4, 0.5) is 10.5 Å². The third kappa shape index (κ3) is 5.92. The van der Waals surface area contributed by atoms with Crippen molar-refractivity contribution < 1.29 is 18.7 Å². The Kier molecular flexibility index (Phi) is 6.48. The quantitative estimate of drug-likeness (QED) is 0.803. The highest BCUT2D eigenvalue weighted by atomic mass is 16.5. The van der Waals surface area contributed by atoms with Crippen LogP contribution in [0, 0.1) is 0 Å². The van der Waals surface area contributed by atoms with E-state index in [1.807, 2.05) is 30.3 Å². The summed E-state index contributed by atoms with van der Waals surface area (Å²) in [5.74, 6) is 0. The number of anilines is 1. The number of hydrogen-bond acceptors (Lipinski definition) is 4. The molecule has 2 amide bonds. The maximum atomic E-state index is 11.9. The molecule has 3 rings (SSSR count). The molecule has 1 atom stereocenters. The van der Waals surface area contributed by atoms with Gasteiger partial charge in [0.1, 0.15) is 0 Å². The van der Waals surface area contributed by atoms with Gasteiger partial charge in [-0.3, -0.25) is 0 Å². The molecule has 1 aliphatic rings. The number of ether oxygens (including phenoxy) is 2. The highest BCUT2D eigenvalue weighted by Crippen LogP contribution is 2.15. The summed E-state index contributed by atoms with van der Waals surface area (Å²) in [5.41, 5.74) is 2.67. The normalized spacial score (nSPS) is 17.2. The first-order valence-corrected chi connectivity index (χ1v) is 8.64. The van der Waals surface area contributed by atoms with E-state index in [4.69, 9.17) is 13.9 Å². The average Bonchev–Trinajstić information content (AvgIpc) is 3.15. The van der Waals surface area contributed by atoms with Crippen molar-refractivity contribution in [2.45, 2.75) is 38.5 Å². The van der Waals surface area contributed by atoms with E-state index in [9.17, 15) is 4.79 Å². The predicted molar refractivity (Wildman–Crippen MR) is 94.3 cm³/mol. The average molecular weight is 344 g/mol. The van der Waals surface area contributed by atoms with Gasteiger partial charge in [0.15, 0.2) is 0 Å². The third-order valence-corrected chi connectivity index (χ3v) is 4.06. The van der Waals surface area contributed by atoms with Crippen LogP contribution in [0.25, 0.3) is 0 Å². The zero-order valence-corrected chi connectivity index (χ0v) is 14.2. The van der Waals surface area contributed by atoms with Crippen LogP contribution in [0.2, 0.25) is 0 Å². The summed E-state index contributed by atoms with van der Waals surface area (Å²) in [4.78, 5) is 11.9. The minimum Gasteiger partial charge on any atom is -0.472 e. The maximum absolute atomic E-state index is 11.9. The van der Waals surface area contributed by atoms with Crippen LogP contribution >= 0.6 is 0 Å². The van der Waals surface area contributed by atoms with Crippen molar-refractivity contribution in [3.63, 3.8) is 0 Å². The lowest BCUT2D eigenvalue weighted by Crippen LogP contribution is -2.28. The SMILES string of the molecule is O=C(NCc1ccoc1)Nc1cccc(COC[C@@H]2CCCCO2)c1. The van der Waals surface area contributed by atoms with Gasteiger partial charge in [-0.2, -0.15) is 0 Å². The van der Waals surface area contributed by atoms with Crippen LogP contribution < -0.4 is 10.6 Å². The monoisotopic (exact) mass is 344 g/mol. The molecule has 1 fully saturated rings. The molecule has 0 spiro atoms. The lowest BCUT2D eigenvalue weighted by atomic mass is 10.1. The first-order chi connectivity index (χ1) is 12.3. The molecule has 2 aromatic rings. The van der Waals surface area contributed by atoms with Crippen LogP contribution in [0.3, 0.4) is 0 Å². The zero-order chi connectivity index (χ0) is 17.3. The number of carbonyl (C=O) groups is 1. The summed E-state index contributed by atoms with van der Waals surface area (Å²) in [6.07, 6.45) is 6.82. The Balaban J connectivity index is 1.41. The molecule has 25 heavy (non-hydrogen) atoms. The molecule has 1 saturated heterocycles. The molecule has 1 aromatic heterocycles. The van der Waals surface area contributed by atoms with E-state index in [0.717, 1.165) is 36.3 Å². The van der Waals surface area contributed by atoms with E-state index >= 15 is 0 Å². The molecule has 0 aliphatic carbocycles. The summed E-state index contributed by atoms with van der Waals surface area (Å²) >= 11 is 0. The number of hydrogen-bond donors (Lipinski definition) is 2. The van der Waals surface area contributed by atoms with Gasteiger partial charge in [-0.1, -0.05) is 12.1 Å². The molecule has 2 heterocycles. The van der Waals surface area contributed by atoms with Crippen molar-refractivity contribution in [3.05, 3.63) is 54.0 Å². The number of nitrogens with one attached hydrogen (secondary N) is 2. The maximum Gasteiger partial charge on any atom is 0.319 e. The second-order valence-corrected chi connectivity index (χ2v) is 6.14. The molecule has 0 saturated carbocycles. The summed E-state index contributed by atoms with van der Waals surface area (Å²) in [6.45, 7) is 2.38. The van der Waals surface area contributed by atoms with Crippen molar-refractivity contribution >= 4 is 11.7 Å². The molecule has 0 radical (unpaired) electrons. The Morgan fingerprint density at radius 1 is 1.24 bits per heavy atom. The second kappa shape index (κ2) is 9.25. The number of carbonyl (C=O) groups excluding carboxylic acids is 1. The fourth-order valence-electron chi connectivity index (χ4n) is 2.74. The van der Waals surface area contributed by atoms with Crippen LogP contribution in [-0.2, 0) is 22.6 Å². The van der Waals surface area contributed by atoms with Gasteiger partial charge in [-0.15, -0.1) is 0 Å². The highest BCUT2D eigenvalue weighted by Gasteiger charge is 2.13. The fourth-order valence-corrected chi connectivity index (χ4v) is 2.74. The number of amides is 2. The van der Waals surface area contributed by atoms with Gasteiger partial charge in [-0.25, -0.2) is 4.79 Å². The molecule has 6 nitrogen and oxygen atoms in total. The van der Waals surface area contributed by atoms with Crippen LogP contribution in [0.5, 0.6) is 0 Å². The Labute approximate surface area is 147 Å². The van der Waals surface area contributed by atoms with E-state index in [1.54, 1.807) is 12.5 Å². The molecular formula is C19H24N2O4. The zero-order valence-electron chi connectivity index (χ0n) is 14.2. The third-order valence-electron chi connectivity index (χ3n) is 4.06. The van der Waals surface area contributed by atoms with Gasteiger partial charge in [0.05, 0.1) is 31.8 Å². The van der Waals surface area contributed by atoms with E-state index in [2.05, 4.69) is 10.6 Å². The standard InChI is InChI=1S/C19H24N2O4/c22-19(20-11-16-7-9-23-13-16)21-17-5-3-4-15(10-17)12-24-14-18-6-1-2-8-25-18/h3-5,7,9-10,13,18H,1-2,6,8,11-12,14H2,(H2,20,21,22)/t18-/m0/s1. The highest BCUT2D eigenvalue weighted by molar-refractivity contribution is 5.89. The fraction of sp³-hybridized carbons (Fsp3) is 0.421. The lowest BCUT2D eigenvalue weighted by molar-refractivity contribution is -0.0447. The molecule has 1 aliphatic heterocycles. The summed E-state index contributed by atoms with van der Waals surface area (Å²) in [6, 6.07) is 9.21. The Bertz CT molecular complexity index is 651. The van der Waals surface area contributed by atoms with Crippen LogP contribution in [0.15, 0.2) is 47.3 Å². The molecule has 134 valence electrons. The molecule has 0 unspecified atom stereocenters. The topological polar surface area (TPSA) is 72.7 Å². The van der Waals surface area contributed by atoms with Gasteiger partial charge < -0.3 is 24.5 Å². The molecular weight excluding hydrogens is 320 g/mol. The molecule has 1 aromatic carbocycles. The Hall–Kier alpha value is -2.31. The minimum atomic E-state index is -0.255. The minimum absolute atomic E-state index is 0.212. The Morgan fingerprint density at radius 2 is 2.20 bits per heavy atom. The summed E-state index contributed by atoms with van der Waals surface area (Å²) in [7, 11) is 0. The first-order valence-electron chi connectivity index (χ1n) is 8.64. The van der Waals surface area contributed by atoms with Crippen molar-refractivity contribution in [2.24, 2.45) is 0 Å². The molecule has 2 N–H and O–H groups in total. The van der Waals surface area contributed by atoms with Gasteiger partial charge in [-0.05, 0) is 43.0 Å². The van der Waals surface area contributed by atoms with Gasteiger partial charge in [0.25, 0.3) is 0 Å². The second-order valence-electron chi connectivity index (χ2n) is 6.14. The predicted octanol–water partition coefficient (Wildman–Crippen LogP) is 3.69. The van der Waals surface area contributed by atoms with E-state index in [1.165, 1.54) is 6.42 Å². The summed E-state index contributed by atoms with van der Waals surface area (Å²) in [5, 5.41) is 5.60. The van der Waals surface area contributed by atoms with Crippen molar-refractivity contribution in [3.8, 4) is 0 Å². The first kappa shape index (κ1) is 17.5. The number of rotatable bonds is 7. The smallest absolute Gasteiger partial charge is 0.319 e. The number of furan rings is 1. The van der Waals surface area contributed by atoms with Crippen LogP contribution in [0.1, 0.15) is 30.4 Å². The molecule has 6 heteroatoms. The number of urea groups is 1. The Morgan fingerprint density at radius 3 is 3.00 bits per heavy atom. The van der Waals surface area contributed by atoms with E-state index in [-0.39, 0.29) is 12.1 Å². The van der Waals surface area contributed by atoms with Gasteiger partial charge in [0.2, 0.25) is 0 Å². The van der Waals surface area contributed by atoms with E-state index in [0.29, 0.717) is 19.8 Å². The largest absolute Gasteiger partial charge is 0.472 e. The number of benzene rings is 1. The van der Waals surface area contributed by atoms with Crippen molar-refractivity contribution in [1.29, 1.82) is 0 Å². The van der Waals surface area contributed by atoms with Crippen molar-refractivity contribution in [2.75, 3.05) is 18.5 Å². The molecule has 0 bridgehead atoms. The van der Waals surface area contributed by atoms with Gasteiger partial charge in [0, 0.05) is 24.4 Å².